The Balaban J connectivity index is 6.41. The van der Waals surface area contributed by atoms with Gasteiger partial charge < -0.3 is 9.85 Å². The summed E-state index contributed by atoms with van der Waals surface area (Å²) in [5.41, 5.74) is 0. The van der Waals surface area contributed by atoms with Gasteiger partial charge in [0.1, 0.15) is 0 Å². The maximum absolute atomic E-state index is 13.5. The molecule has 0 unspecified atom stereocenters. The topological polar surface area (TPSA) is 23.1 Å². The predicted octanol–water partition coefficient (Wildman–Crippen LogP) is 6.35. The first-order valence-corrected chi connectivity index (χ1v) is 7.71. The Morgan fingerprint density at radius 3 is 1.06 bits per heavy atom. The van der Waals surface area contributed by atoms with Crippen LogP contribution in [0.2, 0.25) is 0 Å². The maximum atomic E-state index is 13.5. The van der Waals surface area contributed by atoms with Crippen molar-refractivity contribution in [3.05, 3.63) is 5.21 Å². The van der Waals surface area contributed by atoms with Gasteiger partial charge in [0.25, 0.3) is 0 Å². The number of hydroxylamine groups is 3. The summed E-state index contributed by atoms with van der Waals surface area (Å²) in [6, 6.07) is 0. The van der Waals surface area contributed by atoms with Gasteiger partial charge >= 0.3 is 47.6 Å². The van der Waals surface area contributed by atoms with Crippen LogP contribution in [0.5, 0.6) is 0 Å². The molecular weight excluding hydrogens is 509 g/mol. The van der Waals surface area contributed by atoms with Crippen molar-refractivity contribution >= 4 is 0 Å². The van der Waals surface area contributed by atoms with Crippen LogP contribution in [0.4, 0.5) is 74.6 Å². The van der Waals surface area contributed by atoms with Gasteiger partial charge in [-0.3, -0.25) is 0 Å². The first kappa shape index (κ1) is 30.7. The summed E-state index contributed by atoms with van der Waals surface area (Å²) in [6.07, 6.45) is -11.8. The molecule has 32 heavy (non-hydrogen) atoms. The molecule has 0 amide bonds. The third kappa shape index (κ3) is 4.54. The van der Waals surface area contributed by atoms with Crippen LogP contribution >= 0.6 is 0 Å². The van der Waals surface area contributed by atoms with E-state index >= 15 is 0 Å². The molecule has 0 heterocycles. The molecule has 0 radical (unpaired) electrons. The molecule has 0 atom stereocenters. The minimum Gasteiger partial charge on any atom is -0.633 e. The van der Waals surface area contributed by atoms with Gasteiger partial charge in [0.05, 0.1) is 20.6 Å². The minimum atomic E-state index is -8.63. The lowest BCUT2D eigenvalue weighted by molar-refractivity contribution is -0.840. The van der Waals surface area contributed by atoms with Gasteiger partial charge in [0, 0.05) is 12.8 Å². The molecule has 0 rings (SSSR count). The van der Waals surface area contributed by atoms with E-state index in [-0.39, 0.29) is 0 Å². The Bertz CT molecular complexity index is 660. The fraction of sp³-hybridized carbons (Fsp3) is 1.00. The number of halogens is 17. The molecule has 0 spiro atoms. The molecule has 0 N–H and O–H groups in total. The van der Waals surface area contributed by atoms with Crippen molar-refractivity contribution in [1.29, 1.82) is 0 Å². The van der Waals surface area contributed by atoms with E-state index in [0.717, 1.165) is 0 Å². The zero-order valence-corrected chi connectivity index (χ0v) is 15.4. The molecule has 0 fully saturated rings. The predicted molar refractivity (Wildman–Crippen MR) is 70.3 cm³/mol. The third-order valence-electron chi connectivity index (χ3n) is 3.97. The Kier molecular flexibility index (Phi) is 7.59. The zero-order chi connectivity index (χ0) is 26.6. The Hall–Kier alpha value is -1.27. The lowest BCUT2D eigenvalue weighted by Gasteiger charge is -2.43. The Morgan fingerprint density at radius 1 is 0.500 bits per heavy atom. The van der Waals surface area contributed by atoms with E-state index in [9.17, 15) is 79.8 Å². The molecule has 0 aromatic heterocycles. The van der Waals surface area contributed by atoms with Crippen molar-refractivity contribution in [3.63, 3.8) is 0 Å². The summed E-state index contributed by atoms with van der Waals surface area (Å²) in [6.45, 7) is -1.06. The summed E-state index contributed by atoms with van der Waals surface area (Å²) in [5, 5.41) is 11.1. The van der Waals surface area contributed by atoms with Crippen LogP contribution in [0.15, 0.2) is 0 Å². The van der Waals surface area contributed by atoms with E-state index < -0.39 is 71.7 Å². The quantitative estimate of drug-likeness (QED) is 0.187. The van der Waals surface area contributed by atoms with Crippen LogP contribution in [0.1, 0.15) is 12.8 Å². The van der Waals surface area contributed by atoms with E-state index in [1.165, 1.54) is 0 Å². The summed E-state index contributed by atoms with van der Waals surface area (Å²) < 4.78 is 220. The van der Waals surface area contributed by atoms with E-state index in [1.54, 1.807) is 0 Å². The molecule has 0 aromatic rings. The molecule has 19 heteroatoms. The number of nitrogens with zero attached hydrogens (tertiary/aromatic N) is 1. The molecular formula is C13H12F17NO. The van der Waals surface area contributed by atoms with Crippen molar-refractivity contribution in [2.75, 3.05) is 20.6 Å². The number of hydrogen-bond donors (Lipinski definition) is 0. The van der Waals surface area contributed by atoms with Crippen molar-refractivity contribution in [2.45, 2.75) is 60.5 Å². The van der Waals surface area contributed by atoms with Crippen molar-refractivity contribution in [1.82, 2.24) is 0 Å². The Labute approximate surface area is 167 Å². The highest BCUT2D eigenvalue weighted by Gasteiger charge is 2.95. The summed E-state index contributed by atoms with van der Waals surface area (Å²) >= 11 is 0. The van der Waals surface area contributed by atoms with Gasteiger partial charge in [0.2, 0.25) is 0 Å². The highest BCUT2D eigenvalue weighted by atomic mass is 19.4. The first-order chi connectivity index (χ1) is 13.5. The van der Waals surface area contributed by atoms with Crippen molar-refractivity contribution in [2.24, 2.45) is 0 Å². The molecule has 0 aromatic carbocycles. The van der Waals surface area contributed by atoms with Gasteiger partial charge in [0.15, 0.2) is 0 Å². The summed E-state index contributed by atoms with van der Waals surface area (Å²) in [7, 11) is 1.42. The lowest BCUT2D eigenvalue weighted by atomic mass is 9.88. The summed E-state index contributed by atoms with van der Waals surface area (Å²) in [4.78, 5) is 0. The second kappa shape index (κ2) is 7.90. The molecule has 194 valence electrons. The molecule has 0 saturated heterocycles. The number of rotatable bonds is 10. The normalized spacial score (nSPS) is 16.5. The largest absolute Gasteiger partial charge is 0.633 e. The molecule has 2 nitrogen and oxygen atoms in total. The number of hydrogen-bond acceptors (Lipinski definition) is 1. The zero-order valence-electron chi connectivity index (χ0n) is 15.4. The SMILES string of the molecule is C[N+](C)([O-])CCCC(F)(F)C(F)(F)C(F)(F)C(F)(F)C(F)(F)C(F)(F)C(F)(F)C(F)(F)F. The van der Waals surface area contributed by atoms with Gasteiger partial charge in [-0.2, -0.15) is 74.6 Å². The highest BCUT2D eigenvalue weighted by Crippen LogP contribution is 2.64. The second-order valence-electron chi connectivity index (χ2n) is 7.05. The van der Waals surface area contributed by atoms with E-state index in [4.69, 9.17) is 0 Å². The second-order valence-corrected chi connectivity index (χ2v) is 7.05. The van der Waals surface area contributed by atoms with E-state index in [1.807, 2.05) is 0 Å². The maximum Gasteiger partial charge on any atom is 0.460 e. The van der Waals surface area contributed by atoms with Gasteiger partial charge in [-0.25, -0.2) is 0 Å². The van der Waals surface area contributed by atoms with Gasteiger partial charge in [-0.1, -0.05) is 0 Å². The average molecular weight is 521 g/mol. The first-order valence-electron chi connectivity index (χ1n) is 7.71. The molecule has 0 aliphatic heterocycles. The van der Waals surface area contributed by atoms with Crippen LogP contribution in [0, 0.1) is 5.21 Å². The fourth-order valence-corrected chi connectivity index (χ4v) is 2.04. The standard InChI is InChI=1S/C13H12F17NO/c1-31(2,32)5-3-4-6(14,15)7(16,17)8(18,19)9(20,21)10(22,23)11(24,25)12(26,27)13(28,29)30/h3-5H2,1-2H3. The third-order valence-corrected chi connectivity index (χ3v) is 3.97. The molecule has 0 saturated carbocycles. The minimum absolute atomic E-state index is 0.711. The number of alkyl halides is 17. The lowest BCUT2D eigenvalue weighted by Crippen LogP contribution is -2.74. The smallest absolute Gasteiger partial charge is 0.460 e. The average Bonchev–Trinajstić information content (AvgIpc) is 2.50. The van der Waals surface area contributed by atoms with Crippen LogP contribution < -0.4 is 0 Å². The fourth-order valence-electron chi connectivity index (χ4n) is 2.04. The number of quaternary nitrogens is 1. The van der Waals surface area contributed by atoms with E-state index in [2.05, 4.69) is 0 Å². The van der Waals surface area contributed by atoms with Crippen LogP contribution in [0.25, 0.3) is 0 Å². The summed E-state index contributed by atoms with van der Waals surface area (Å²) in [5.74, 6) is -56.3. The Morgan fingerprint density at radius 2 is 0.781 bits per heavy atom. The van der Waals surface area contributed by atoms with Crippen LogP contribution in [-0.4, -0.2) is 72.9 Å². The molecule has 0 aliphatic rings. The molecule has 0 aliphatic carbocycles. The van der Waals surface area contributed by atoms with E-state index in [0.29, 0.717) is 14.1 Å². The van der Waals surface area contributed by atoms with Crippen molar-refractivity contribution in [3.8, 4) is 0 Å². The van der Waals surface area contributed by atoms with Crippen molar-refractivity contribution < 1.29 is 79.3 Å². The van der Waals surface area contributed by atoms with Gasteiger partial charge in [-0.15, -0.1) is 0 Å². The van der Waals surface area contributed by atoms with Crippen LogP contribution in [-0.2, 0) is 0 Å². The molecule has 0 bridgehead atoms. The highest BCUT2D eigenvalue weighted by molar-refractivity contribution is 5.15. The van der Waals surface area contributed by atoms with Gasteiger partial charge in [-0.05, 0) is 0 Å². The monoisotopic (exact) mass is 521 g/mol. The van der Waals surface area contributed by atoms with Crippen LogP contribution in [0.3, 0.4) is 0 Å².